The monoisotopic (exact) mass is 266 g/mol. The number of amides is 1. The third-order valence-electron chi connectivity index (χ3n) is 3.33. The molecule has 4 heteroatoms. The van der Waals surface area contributed by atoms with E-state index in [1.807, 2.05) is 19.1 Å². The van der Waals surface area contributed by atoms with Crippen LogP contribution in [0.5, 0.6) is 0 Å². The molecule has 1 fully saturated rings. The Morgan fingerprint density at radius 2 is 2.11 bits per heavy atom. The minimum atomic E-state index is 0.0623. The molecule has 2 rings (SSSR count). The van der Waals surface area contributed by atoms with E-state index in [0.29, 0.717) is 11.4 Å². The molecule has 0 radical (unpaired) electrons. The Kier molecular flexibility index (Phi) is 4.61. The lowest BCUT2D eigenvalue weighted by Gasteiger charge is -2.14. The molecule has 1 aromatic carbocycles. The van der Waals surface area contributed by atoms with Gasteiger partial charge in [0, 0.05) is 23.7 Å². The fourth-order valence-electron chi connectivity index (χ4n) is 2.21. The fraction of sp³-hybridized carbons (Fsp3) is 0.500. The highest BCUT2D eigenvalue weighted by Crippen LogP contribution is 2.20. The van der Waals surface area contributed by atoms with Crippen LogP contribution in [0.3, 0.4) is 0 Å². The van der Waals surface area contributed by atoms with E-state index in [0.717, 1.165) is 30.9 Å². The summed E-state index contributed by atoms with van der Waals surface area (Å²) in [6.45, 7) is 5.07. The molecule has 0 aromatic heterocycles. The lowest BCUT2D eigenvalue weighted by molar-refractivity contribution is -0.116. The van der Waals surface area contributed by atoms with Crippen molar-refractivity contribution in [3.63, 3.8) is 0 Å². The standard InChI is InChI=1S/C14H19ClN2O/c1-11-4-5-12(15)10-13(11)16-14(18)6-9-17-7-2-3-8-17/h4-5,10H,2-3,6-9H2,1H3,(H,16,18). The largest absolute Gasteiger partial charge is 0.326 e. The van der Waals surface area contributed by atoms with Crippen molar-refractivity contribution in [3.8, 4) is 0 Å². The summed E-state index contributed by atoms with van der Waals surface area (Å²) in [7, 11) is 0. The van der Waals surface area contributed by atoms with E-state index >= 15 is 0 Å². The average molecular weight is 267 g/mol. The zero-order valence-electron chi connectivity index (χ0n) is 10.7. The highest BCUT2D eigenvalue weighted by atomic mass is 35.5. The number of aryl methyl sites for hydroxylation is 1. The summed E-state index contributed by atoms with van der Waals surface area (Å²) in [5, 5.41) is 3.57. The molecule has 1 aliphatic rings. The van der Waals surface area contributed by atoms with Crippen LogP contribution in [0.25, 0.3) is 0 Å². The molecule has 0 spiro atoms. The minimum absolute atomic E-state index is 0.0623. The van der Waals surface area contributed by atoms with Crippen LogP contribution in [0, 0.1) is 6.92 Å². The van der Waals surface area contributed by atoms with Crippen molar-refractivity contribution in [1.82, 2.24) is 4.90 Å². The molecule has 0 saturated carbocycles. The highest BCUT2D eigenvalue weighted by molar-refractivity contribution is 6.31. The maximum absolute atomic E-state index is 11.9. The molecular weight excluding hydrogens is 248 g/mol. The van der Waals surface area contributed by atoms with E-state index in [2.05, 4.69) is 10.2 Å². The van der Waals surface area contributed by atoms with E-state index in [-0.39, 0.29) is 5.91 Å². The van der Waals surface area contributed by atoms with Gasteiger partial charge in [0.2, 0.25) is 5.91 Å². The SMILES string of the molecule is Cc1ccc(Cl)cc1NC(=O)CCN1CCCC1. The number of nitrogens with zero attached hydrogens (tertiary/aromatic N) is 1. The van der Waals surface area contributed by atoms with E-state index in [4.69, 9.17) is 11.6 Å². The predicted molar refractivity (Wildman–Crippen MR) is 75.1 cm³/mol. The Hall–Kier alpha value is -1.06. The van der Waals surface area contributed by atoms with E-state index in [1.165, 1.54) is 12.8 Å². The molecule has 1 heterocycles. The Balaban J connectivity index is 1.84. The van der Waals surface area contributed by atoms with Gasteiger partial charge in [-0.05, 0) is 50.6 Å². The number of rotatable bonds is 4. The number of carbonyl (C=O) groups is 1. The van der Waals surface area contributed by atoms with Crippen LogP contribution in [-0.4, -0.2) is 30.4 Å². The van der Waals surface area contributed by atoms with Gasteiger partial charge in [-0.3, -0.25) is 4.79 Å². The molecule has 0 atom stereocenters. The average Bonchev–Trinajstić information content (AvgIpc) is 2.84. The second kappa shape index (κ2) is 6.21. The molecule has 1 N–H and O–H groups in total. The Morgan fingerprint density at radius 1 is 1.39 bits per heavy atom. The normalized spacial score (nSPS) is 15.9. The number of likely N-dealkylation sites (tertiary alicyclic amines) is 1. The molecule has 0 aliphatic carbocycles. The van der Waals surface area contributed by atoms with Gasteiger partial charge in [0.1, 0.15) is 0 Å². The molecule has 1 amide bonds. The van der Waals surface area contributed by atoms with E-state index < -0.39 is 0 Å². The van der Waals surface area contributed by atoms with Crippen LogP contribution in [0.15, 0.2) is 18.2 Å². The first-order chi connectivity index (χ1) is 8.65. The number of halogens is 1. The summed E-state index contributed by atoms with van der Waals surface area (Å²) in [5.74, 6) is 0.0623. The number of hydrogen-bond donors (Lipinski definition) is 1. The zero-order valence-corrected chi connectivity index (χ0v) is 11.5. The summed E-state index contributed by atoms with van der Waals surface area (Å²) in [4.78, 5) is 14.2. The maximum Gasteiger partial charge on any atom is 0.225 e. The highest BCUT2D eigenvalue weighted by Gasteiger charge is 2.13. The van der Waals surface area contributed by atoms with Crippen LogP contribution < -0.4 is 5.32 Å². The van der Waals surface area contributed by atoms with Crippen LogP contribution in [0.2, 0.25) is 5.02 Å². The van der Waals surface area contributed by atoms with Crippen molar-refractivity contribution < 1.29 is 4.79 Å². The van der Waals surface area contributed by atoms with Gasteiger partial charge in [-0.1, -0.05) is 17.7 Å². The van der Waals surface area contributed by atoms with Gasteiger partial charge in [0.15, 0.2) is 0 Å². The molecule has 1 aliphatic heterocycles. The third kappa shape index (κ3) is 3.72. The van der Waals surface area contributed by atoms with Gasteiger partial charge >= 0.3 is 0 Å². The smallest absolute Gasteiger partial charge is 0.225 e. The molecule has 0 unspecified atom stereocenters. The second-order valence-electron chi connectivity index (χ2n) is 4.81. The summed E-state index contributed by atoms with van der Waals surface area (Å²) >= 11 is 5.92. The molecule has 1 saturated heterocycles. The lowest BCUT2D eigenvalue weighted by Crippen LogP contribution is -2.25. The van der Waals surface area contributed by atoms with Crippen molar-refractivity contribution >= 4 is 23.2 Å². The lowest BCUT2D eigenvalue weighted by atomic mass is 10.2. The van der Waals surface area contributed by atoms with Crippen LogP contribution in [0.4, 0.5) is 5.69 Å². The Morgan fingerprint density at radius 3 is 2.83 bits per heavy atom. The molecule has 98 valence electrons. The molecule has 1 aromatic rings. The fourth-order valence-corrected chi connectivity index (χ4v) is 2.38. The van der Waals surface area contributed by atoms with Gasteiger partial charge in [0.25, 0.3) is 0 Å². The number of anilines is 1. The zero-order chi connectivity index (χ0) is 13.0. The van der Waals surface area contributed by atoms with Crippen LogP contribution in [-0.2, 0) is 4.79 Å². The van der Waals surface area contributed by atoms with Gasteiger partial charge in [0.05, 0.1) is 0 Å². The van der Waals surface area contributed by atoms with E-state index in [9.17, 15) is 4.79 Å². The first-order valence-corrected chi connectivity index (χ1v) is 6.81. The second-order valence-corrected chi connectivity index (χ2v) is 5.24. The number of hydrogen-bond acceptors (Lipinski definition) is 2. The summed E-state index contributed by atoms with van der Waals surface area (Å²) < 4.78 is 0. The number of carbonyl (C=O) groups excluding carboxylic acids is 1. The maximum atomic E-state index is 11.9. The van der Waals surface area contributed by atoms with Crippen LogP contribution >= 0.6 is 11.6 Å². The molecule has 18 heavy (non-hydrogen) atoms. The first kappa shape index (κ1) is 13.4. The summed E-state index contributed by atoms with van der Waals surface area (Å²) in [6.07, 6.45) is 3.07. The van der Waals surface area contributed by atoms with E-state index in [1.54, 1.807) is 6.07 Å². The molecule has 0 bridgehead atoms. The summed E-state index contributed by atoms with van der Waals surface area (Å²) in [5.41, 5.74) is 1.85. The molecular formula is C14H19ClN2O. The number of nitrogens with one attached hydrogen (secondary N) is 1. The Bertz CT molecular complexity index is 428. The van der Waals surface area contributed by atoms with Gasteiger partial charge in [-0.25, -0.2) is 0 Å². The summed E-state index contributed by atoms with van der Waals surface area (Å²) in [6, 6.07) is 5.54. The quantitative estimate of drug-likeness (QED) is 0.908. The predicted octanol–water partition coefficient (Wildman–Crippen LogP) is 3.07. The number of benzene rings is 1. The topological polar surface area (TPSA) is 32.3 Å². The molecule has 3 nitrogen and oxygen atoms in total. The van der Waals surface area contributed by atoms with Crippen molar-refractivity contribution in [2.45, 2.75) is 26.2 Å². The van der Waals surface area contributed by atoms with Crippen molar-refractivity contribution in [2.24, 2.45) is 0 Å². The minimum Gasteiger partial charge on any atom is -0.326 e. The third-order valence-corrected chi connectivity index (χ3v) is 3.56. The Labute approximate surface area is 113 Å². The first-order valence-electron chi connectivity index (χ1n) is 6.43. The van der Waals surface area contributed by atoms with Crippen molar-refractivity contribution in [1.29, 1.82) is 0 Å². The van der Waals surface area contributed by atoms with Crippen molar-refractivity contribution in [3.05, 3.63) is 28.8 Å². The van der Waals surface area contributed by atoms with Crippen molar-refractivity contribution in [2.75, 3.05) is 25.0 Å². The van der Waals surface area contributed by atoms with Gasteiger partial charge in [-0.2, -0.15) is 0 Å². The van der Waals surface area contributed by atoms with Crippen LogP contribution in [0.1, 0.15) is 24.8 Å². The van der Waals surface area contributed by atoms with Gasteiger partial charge in [-0.15, -0.1) is 0 Å². The van der Waals surface area contributed by atoms with Gasteiger partial charge < -0.3 is 10.2 Å².